The summed E-state index contributed by atoms with van der Waals surface area (Å²) in [6.45, 7) is 1.11. The Morgan fingerprint density at radius 2 is 2.17 bits per heavy atom. The number of hydrogen-bond acceptors (Lipinski definition) is 1. The molecule has 3 heteroatoms. The zero-order valence-electron chi connectivity index (χ0n) is 10.0. The Kier molecular flexibility index (Phi) is 2.00. The van der Waals surface area contributed by atoms with Crippen molar-refractivity contribution in [2.45, 2.75) is 37.6 Å². The Morgan fingerprint density at radius 3 is 2.89 bits per heavy atom. The van der Waals surface area contributed by atoms with Gasteiger partial charge in [0, 0.05) is 22.6 Å². The van der Waals surface area contributed by atoms with E-state index >= 15 is 0 Å². The van der Waals surface area contributed by atoms with Crippen molar-refractivity contribution in [3.05, 3.63) is 33.9 Å². The van der Waals surface area contributed by atoms with Crippen LogP contribution in [-0.4, -0.2) is 4.57 Å². The second-order valence-electron chi connectivity index (χ2n) is 5.50. The third-order valence-electron chi connectivity index (χ3n) is 4.36. The number of aryl methyl sites for hydroxylation is 2. The molecule has 1 aliphatic carbocycles. The first-order valence-electron chi connectivity index (χ1n) is 6.46. The van der Waals surface area contributed by atoms with E-state index in [2.05, 4.69) is 44.9 Å². The van der Waals surface area contributed by atoms with Crippen molar-refractivity contribution in [3.63, 3.8) is 0 Å². The molecule has 0 bridgehead atoms. The zero-order chi connectivity index (χ0) is 12.3. The molecule has 1 aliphatic heterocycles. The lowest BCUT2D eigenvalue weighted by Gasteiger charge is -2.18. The fourth-order valence-electron chi connectivity index (χ4n) is 3.16. The Balaban J connectivity index is 2.04. The van der Waals surface area contributed by atoms with Crippen LogP contribution in [0.4, 0.5) is 0 Å². The van der Waals surface area contributed by atoms with Crippen LogP contribution in [-0.2, 0) is 18.4 Å². The molecule has 1 aromatic heterocycles. The van der Waals surface area contributed by atoms with Crippen molar-refractivity contribution in [2.75, 3.05) is 0 Å². The predicted octanol–water partition coefficient (Wildman–Crippen LogP) is 3.91. The molecule has 2 nitrogen and oxygen atoms in total. The highest BCUT2D eigenvalue weighted by molar-refractivity contribution is 9.10. The summed E-state index contributed by atoms with van der Waals surface area (Å²) >= 11 is 3.66. The lowest BCUT2D eigenvalue weighted by Crippen LogP contribution is -2.09. The first kappa shape index (κ1) is 10.6. The van der Waals surface area contributed by atoms with E-state index in [-0.39, 0.29) is 5.41 Å². The molecule has 1 saturated carbocycles. The van der Waals surface area contributed by atoms with E-state index in [1.807, 2.05) is 0 Å². The Morgan fingerprint density at radius 1 is 1.33 bits per heavy atom. The van der Waals surface area contributed by atoms with Crippen molar-refractivity contribution in [1.82, 2.24) is 4.57 Å². The summed E-state index contributed by atoms with van der Waals surface area (Å²) in [5.74, 6) is 0. The van der Waals surface area contributed by atoms with E-state index in [0.717, 1.165) is 30.3 Å². The third kappa shape index (κ3) is 1.27. The predicted molar refractivity (Wildman–Crippen MR) is 74.5 cm³/mol. The molecule has 0 radical (unpaired) electrons. The maximum absolute atomic E-state index is 9.37. The molecule has 2 aromatic rings. The second-order valence-corrected chi connectivity index (χ2v) is 6.35. The maximum atomic E-state index is 9.37. The molecule has 0 N–H and O–H groups in total. The van der Waals surface area contributed by atoms with E-state index in [9.17, 15) is 5.26 Å². The maximum Gasteiger partial charge on any atom is 0.0824 e. The molecule has 90 valence electrons. The zero-order valence-corrected chi connectivity index (χ0v) is 11.6. The number of rotatable bonds is 1. The molecule has 4 rings (SSSR count). The van der Waals surface area contributed by atoms with Gasteiger partial charge in [-0.3, -0.25) is 0 Å². The number of aromatic nitrogens is 1. The molecular weight excluding hydrogens is 288 g/mol. The summed E-state index contributed by atoms with van der Waals surface area (Å²) in [5, 5.41) is 10.6. The van der Waals surface area contributed by atoms with Crippen molar-refractivity contribution in [3.8, 4) is 6.07 Å². The fourth-order valence-corrected chi connectivity index (χ4v) is 3.71. The molecule has 18 heavy (non-hydrogen) atoms. The first-order valence-corrected chi connectivity index (χ1v) is 7.26. The molecule has 2 aliphatic rings. The molecule has 0 amide bonds. The Bertz CT molecular complexity index is 701. The molecule has 1 fully saturated rings. The van der Waals surface area contributed by atoms with Gasteiger partial charge in [0.15, 0.2) is 0 Å². The van der Waals surface area contributed by atoms with Gasteiger partial charge in [0.25, 0.3) is 0 Å². The van der Waals surface area contributed by atoms with Crippen LogP contribution in [0.1, 0.15) is 30.4 Å². The highest BCUT2D eigenvalue weighted by Gasteiger charge is 2.45. The minimum Gasteiger partial charge on any atom is -0.346 e. The van der Waals surface area contributed by atoms with Gasteiger partial charge in [0.1, 0.15) is 0 Å². The number of benzene rings is 1. The molecule has 1 aromatic carbocycles. The van der Waals surface area contributed by atoms with E-state index in [1.165, 1.54) is 28.5 Å². The largest absolute Gasteiger partial charge is 0.346 e. The highest BCUT2D eigenvalue weighted by atomic mass is 79.9. The van der Waals surface area contributed by atoms with Gasteiger partial charge in [-0.05, 0) is 58.8 Å². The van der Waals surface area contributed by atoms with Crippen LogP contribution < -0.4 is 0 Å². The van der Waals surface area contributed by atoms with Gasteiger partial charge in [-0.15, -0.1) is 0 Å². The minimum absolute atomic E-state index is 0.177. The molecule has 0 atom stereocenters. The van der Waals surface area contributed by atoms with Crippen LogP contribution in [0, 0.1) is 11.3 Å². The molecule has 0 saturated heterocycles. The lowest BCUT2D eigenvalue weighted by atomic mass is 9.92. The van der Waals surface area contributed by atoms with Crippen LogP contribution in [0.15, 0.2) is 22.8 Å². The number of hydrogen-bond donors (Lipinski definition) is 0. The summed E-state index contributed by atoms with van der Waals surface area (Å²) in [7, 11) is 0. The fraction of sp³-hybridized carbons (Fsp3) is 0.400. The molecule has 0 spiro atoms. The standard InChI is InChI=1S/C15H13BrN2/c16-13-8-18-5-1-2-10-6-11(7-12(13)14(10)18)15(9-17)3-4-15/h6-8H,1-5H2. The SMILES string of the molecule is N#CC1(c2cc3c4c(c2)c(Br)cn4CCC3)CC1. The van der Waals surface area contributed by atoms with Gasteiger partial charge in [-0.2, -0.15) is 5.26 Å². The summed E-state index contributed by atoms with van der Waals surface area (Å²) < 4.78 is 3.50. The number of halogens is 1. The van der Waals surface area contributed by atoms with Crippen LogP contribution in [0.25, 0.3) is 10.9 Å². The molecular formula is C15H13BrN2. The van der Waals surface area contributed by atoms with Crippen molar-refractivity contribution in [2.24, 2.45) is 0 Å². The lowest BCUT2D eigenvalue weighted by molar-refractivity contribution is 0.634. The van der Waals surface area contributed by atoms with Gasteiger partial charge < -0.3 is 4.57 Å². The van der Waals surface area contributed by atoms with Crippen molar-refractivity contribution < 1.29 is 0 Å². The van der Waals surface area contributed by atoms with Crippen LogP contribution in [0.3, 0.4) is 0 Å². The van der Waals surface area contributed by atoms with Crippen molar-refractivity contribution >= 4 is 26.8 Å². The highest BCUT2D eigenvalue weighted by Crippen LogP contribution is 2.49. The van der Waals surface area contributed by atoms with Crippen molar-refractivity contribution in [1.29, 1.82) is 5.26 Å². The summed E-state index contributed by atoms with van der Waals surface area (Å²) in [6.07, 6.45) is 6.57. The van der Waals surface area contributed by atoms with E-state index < -0.39 is 0 Å². The molecule has 0 unspecified atom stereocenters. The van der Waals surface area contributed by atoms with Gasteiger partial charge in [-0.25, -0.2) is 0 Å². The first-order chi connectivity index (χ1) is 8.73. The summed E-state index contributed by atoms with van der Waals surface area (Å²) in [4.78, 5) is 0. The van der Waals surface area contributed by atoms with Crippen LogP contribution in [0.5, 0.6) is 0 Å². The Labute approximate surface area is 114 Å². The number of nitriles is 1. The van der Waals surface area contributed by atoms with Crippen LogP contribution >= 0.6 is 15.9 Å². The van der Waals surface area contributed by atoms with E-state index in [1.54, 1.807) is 0 Å². The Hall–Kier alpha value is -1.27. The molecule has 2 heterocycles. The normalized spacial score (nSPS) is 19.8. The summed E-state index contributed by atoms with van der Waals surface area (Å²) in [5.41, 5.74) is 3.84. The average molecular weight is 301 g/mol. The third-order valence-corrected chi connectivity index (χ3v) is 5.00. The number of nitrogens with zero attached hydrogens (tertiary/aromatic N) is 2. The second kappa shape index (κ2) is 3.39. The van der Waals surface area contributed by atoms with Crippen LogP contribution in [0.2, 0.25) is 0 Å². The van der Waals surface area contributed by atoms with Gasteiger partial charge in [-0.1, -0.05) is 6.07 Å². The monoisotopic (exact) mass is 300 g/mol. The quantitative estimate of drug-likeness (QED) is 0.785. The van der Waals surface area contributed by atoms with E-state index in [0.29, 0.717) is 0 Å². The minimum atomic E-state index is -0.177. The average Bonchev–Trinajstić information content (AvgIpc) is 3.12. The summed E-state index contributed by atoms with van der Waals surface area (Å²) in [6, 6.07) is 7.01. The smallest absolute Gasteiger partial charge is 0.0824 e. The van der Waals surface area contributed by atoms with Gasteiger partial charge >= 0.3 is 0 Å². The van der Waals surface area contributed by atoms with Gasteiger partial charge in [0.05, 0.1) is 17.0 Å². The van der Waals surface area contributed by atoms with E-state index in [4.69, 9.17) is 0 Å². The van der Waals surface area contributed by atoms with Gasteiger partial charge in [0.2, 0.25) is 0 Å². The topological polar surface area (TPSA) is 28.7 Å².